The number of rotatable bonds is 2. The first-order valence-corrected chi connectivity index (χ1v) is 5.88. The summed E-state index contributed by atoms with van der Waals surface area (Å²) in [7, 11) is 0. The first-order chi connectivity index (χ1) is 7.40. The maximum atomic E-state index is 9.28. The first-order valence-electron chi connectivity index (χ1n) is 5.88. The van der Waals surface area contributed by atoms with Crippen LogP contribution in [0.4, 0.5) is 5.69 Å². The molecule has 0 amide bonds. The summed E-state index contributed by atoms with van der Waals surface area (Å²) < 4.78 is 0. The molecule has 80 valence electrons. The van der Waals surface area contributed by atoms with E-state index in [1.54, 1.807) is 0 Å². The van der Waals surface area contributed by atoms with Gasteiger partial charge in [-0.05, 0) is 42.9 Å². The van der Waals surface area contributed by atoms with Crippen LogP contribution in [-0.4, -0.2) is 17.7 Å². The predicted octanol–water partition coefficient (Wildman–Crippen LogP) is 2.09. The lowest BCUT2D eigenvalue weighted by Crippen LogP contribution is -2.38. The molecule has 2 nitrogen and oxygen atoms in total. The molecule has 1 N–H and O–H groups in total. The summed E-state index contributed by atoms with van der Waals surface area (Å²) in [6.07, 6.45) is 5.20. The van der Waals surface area contributed by atoms with Gasteiger partial charge in [-0.25, -0.2) is 0 Å². The molecule has 1 fully saturated rings. The summed E-state index contributed by atoms with van der Waals surface area (Å²) in [4.78, 5) is 2.54. The third-order valence-corrected chi connectivity index (χ3v) is 3.85. The van der Waals surface area contributed by atoms with Gasteiger partial charge in [-0.3, -0.25) is 0 Å². The molecule has 0 unspecified atom stereocenters. The van der Waals surface area contributed by atoms with Crippen LogP contribution < -0.4 is 4.90 Å². The van der Waals surface area contributed by atoms with E-state index in [0.717, 1.165) is 24.6 Å². The van der Waals surface area contributed by atoms with Gasteiger partial charge in [-0.1, -0.05) is 12.1 Å². The summed E-state index contributed by atoms with van der Waals surface area (Å²) in [6.45, 7) is 1.33. The van der Waals surface area contributed by atoms with Crippen LogP contribution in [0.1, 0.15) is 30.4 Å². The van der Waals surface area contributed by atoms with E-state index in [2.05, 4.69) is 17.0 Å². The van der Waals surface area contributed by atoms with Crippen LogP contribution in [0, 0.1) is 0 Å². The van der Waals surface area contributed by atoms with Crippen LogP contribution >= 0.6 is 0 Å². The molecule has 1 aromatic carbocycles. The van der Waals surface area contributed by atoms with Crippen molar-refractivity contribution in [2.45, 2.75) is 38.3 Å². The zero-order chi connectivity index (χ0) is 10.3. The number of aliphatic hydroxyl groups excluding tert-OH is 1. The van der Waals surface area contributed by atoms with E-state index in [4.69, 9.17) is 0 Å². The van der Waals surface area contributed by atoms with Crippen molar-refractivity contribution in [1.29, 1.82) is 0 Å². The lowest BCUT2D eigenvalue weighted by molar-refractivity contribution is 0.281. The van der Waals surface area contributed by atoms with Gasteiger partial charge in [0.2, 0.25) is 0 Å². The molecule has 0 spiro atoms. The van der Waals surface area contributed by atoms with Gasteiger partial charge in [0, 0.05) is 18.3 Å². The number of hydrogen-bond acceptors (Lipinski definition) is 2. The molecule has 0 aromatic heterocycles. The van der Waals surface area contributed by atoms with Crippen molar-refractivity contribution in [2.24, 2.45) is 0 Å². The third-order valence-electron chi connectivity index (χ3n) is 3.85. The molecule has 0 bridgehead atoms. The monoisotopic (exact) mass is 203 g/mol. The minimum atomic E-state index is 0.182. The Morgan fingerprint density at radius 3 is 2.87 bits per heavy atom. The zero-order valence-electron chi connectivity index (χ0n) is 8.95. The van der Waals surface area contributed by atoms with Gasteiger partial charge in [0.25, 0.3) is 0 Å². The molecule has 3 rings (SSSR count). The summed E-state index contributed by atoms with van der Waals surface area (Å²) in [5.74, 6) is 0. The fraction of sp³-hybridized carbons (Fsp3) is 0.538. The molecular formula is C13H17NO. The van der Waals surface area contributed by atoms with Gasteiger partial charge in [0.1, 0.15) is 0 Å². The molecule has 0 saturated heterocycles. The molecule has 2 heteroatoms. The molecule has 1 aliphatic heterocycles. The van der Waals surface area contributed by atoms with E-state index in [0.29, 0.717) is 0 Å². The summed E-state index contributed by atoms with van der Waals surface area (Å²) in [5, 5.41) is 9.28. The van der Waals surface area contributed by atoms with Gasteiger partial charge >= 0.3 is 0 Å². The van der Waals surface area contributed by atoms with Gasteiger partial charge in [-0.2, -0.15) is 0 Å². The second-order valence-corrected chi connectivity index (χ2v) is 4.60. The van der Waals surface area contributed by atoms with Gasteiger partial charge in [0.05, 0.1) is 6.61 Å². The number of nitrogens with zero attached hydrogens (tertiary/aromatic N) is 1. The van der Waals surface area contributed by atoms with Crippen LogP contribution in [-0.2, 0) is 13.0 Å². The first kappa shape index (κ1) is 9.22. The normalized spacial score (nSPS) is 20.2. The van der Waals surface area contributed by atoms with Crippen molar-refractivity contribution >= 4 is 5.69 Å². The minimum Gasteiger partial charge on any atom is -0.392 e. The maximum absolute atomic E-state index is 9.28. The Kier molecular flexibility index (Phi) is 2.17. The second kappa shape index (κ2) is 3.53. The quantitative estimate of drug-likeness (QED) is 0.795. The van der Waals surface area contributed by atoms with E-state index in [9.17, 15) is 5.11 Å². The summed E-state index contributed by atoms with van der Waals surface area (Å²) in [6, 6.07) is 7.10. The fourth-order valence-electron chi connectivity index (χ4n) is 2.76. The molecular weight excluding hydrogens is 186 g/mol. The second-order valence-electron chi connectivity index (χ2n) is 4.60. The Bertz CT molecular complexity index is 371. The van der Waals surface area contributed by atoms with Gasteiger partial charge < -0.3 is 10.0 Å². The van der Waals surface area contributed by atoms with E-state index in [-0.39, 0.29) is 6.61 Å². The molecule has 1 heterocycles. The third kappa shape index (κ3) is 1.36. The number of anilines is 1. The van der Waals surface area contributed by atoms with Gasteiger partial charge in [0.15, 0.2) is 0 Å². The van der Waals surface area contributed by atoms with Crippen LogP contribution in [0.5, 0.6) is 0 Å². The Morgan fingerprint density at radius 2 is 2.20 bits per heavy atom. The van der Waals surface area contributed by atoms with Crippen molar-refractivity contribution in [2.75, 3.05) is 11.4 Å². The highest BCUT2D eigenvalue weighted by atomic mass is 16.3. The number of aliphatic hydroxyl groups is 1. The zero-order valence-corrected chi connectivity index (χ0v) is 8.95. The molecule has 2 aliphatic rings. The standard InChI is InChI=1S/C13H17NO/c15-9-10-3-1-6-13-12(10)7-8-14(13)11-4-2-5-11/h1,3,6,11,15H,2,4-5,7-9H2. The van der Waals surface area contributed by atoms with E-state index in [1.807, 2.05) is 6.07 Å². The molecule has 1 saturated carbocycles. The van der Waals surface area contributed by atoms with Crippen molar-refractivity contribution in [3.8, 4) is 0 Å². The highest BCUT2D eigenvalue weighted by Gasteiger charge is 2.30. The fourth-order valence-corrected chi connectivity index (χ4v) is 2.76. The Morgan fingerprint density at radius 1 is 1.33 bits per heavy atom. The molecule has 0 radical (unpaired) electrons. The van der Waals surface area contributed by atoms with Crippen molar-refractivity contribution in [3.05, 3.63) is 29.3 Å². The minimum absolute atomic E-state index is 0.182. The van der Waals surface area contributed by atoms with Gasteiger partial charge in [-0.15, -0.1) is 0 Å². The Balaban J connectivity index is 1.95. The highest BCUT2D eigenvalue weighted by Crippen LogP contribution is 2.37. The molecule has 15 heavy (non-hydrogen) atoms. The Labute approximate surface area is 90.5 Å². The lowest BCUT2D eigenvalue weighted by Gasteiger charge is -2.36. The van der Waals surface area contributed by atoms with Crippen molar-refractivity contribution < 1.29 is 5.11 Å². The lowest BCUT2D eigenvalue weighted by atomic mass is 9.91. The average molecular weight is 203 g/mol. The smallest absolute Gasteiger partial charge is 0.0685 e. The summed E-state index contributed by atoms with van der Waals surface area (Å²) in [5.41, 5.74) is 3.88. The average Bonchev–Trinajstić information content (AvgIpc) is 2.59. The van der Waals surface area contributed by atoms with Crippen molar-refractivity contribution in [3.63, 3.8) is 0 Å². The predicted molar refractivity (Wildman–Crippen MR) is 61.1 cm³/mol. The van der Waals surface area contributed by atoms with E-state index < -0.39 is 0 Å². The molecule has 0 atom stereocenters. The van der Waals surface area contributed by atoms with Crippen LogP contribution in [0.25, 0.3) is 0 Å². The maximum Gasteiger partial charge on any atom is 0.0685 e. The number of benzene rings is 1. The van der Waals surface area contributed by atoms with Crippen LogP contribution in [0.3, 0.4) is 0 Å². The SMILES string of the molecule is OCc1cccc2c1CCN2C1CCC1. The van der Waals surface area contributed by atoms with E-state index >= 15 is 0 Å². The van der Waals surface area contributed by atoms with Crippen LogP contribution in [0.2, 0.25) is 0 Å². The summed E-state index contributed by atoms with van der Waals surface area (Å²) >= 11 is 0. The number of hydrogen-bond donors (Lipinski definition) is 1. The number of fused-ring (bicyclic) bond motifs is 1. The van der Waals surface area contributed by atoms with E-state index in [1.165, 1.54) is 30.5 Å². The largest absolute Gasteiger partial charge is 0.392 e. The Hall–Kier alpha value is -1.02. The highest BCUT2D eigenvalue weighted by molar-refractivity contribution is 5.61. The van der Waals surface area contributed by atoms with Crippen molar-refractivity contribution in [1.82, 2.24) is 0 Å². The molecule has 1 aliphatic carbocycles. The molecule has 1 aromatic rings. The topological polar surface area (TPSA) is 23.5 Å². The van der Waals surface area contributed by atoms with Crippen LogP contribution in [0.15, 0.2) is 18.2 Å².